The maximum absolute atomic E-state index is 9.94. The Labute approximate surface area is 108 Å². The number of aromatic nitrogens is 2. The van der Waals surface area contributed by atoms with Crippen LogP contribution in [0.1, 0.15) is 37.9 Å². The number of aliphatic hydroxyl groups is 1. The molecule has 1 unspecified atom stereocenters. The molecular formula is C13H22N2OS. The molecule has 0 aromatic carbocycles. The fourth-order valence-electron chi connectivity index (χ4n) is 2.32. The Morgan fingerprint density at radius 3 is 2.94 bits per heavy atom. The fraction of sp³-hybridized carbons (Fsp3) is 0.769. The van der Waals surface area contributed by atoms with Crippen LogP contribution in [0.15, 0.2) is 12.4 Å². The summed E-state index contributed by atoms with van der Waals surface area (Å²) in [7, 11) is 2.00. The van der Waals surface area contributed by atoms with Crippen LogP contribution in [0.25, 0.3) is 0 Å². The quantitative estimate of drug-likeness (QED) is 0.847. The largest absolute Gasteiger partial charge is 0.392 e. The molecule has 1 saturated carbocycles. The van der Waals surface area contributed by atoms with Crippen molar-refractivity contribution in [2.24, 2.45) is 7.05 Å². The van der Waals surface area contributed by atoms with Crippen LogP contribution in [0.5, 0.6) is 0 Å². The summed E-state index contributed by atoms with van der Waals surface area (Å²) in [5.41, 5.74) is 0. The topological polar surface area (TPSA) is 38.0 Å². The lowest BCUT2D eigenvalue weighted by molar-refractivity contribution is 0.188. The van der Waals surface area contributed by atoms with Gasteiger partial charge in [0.1, 0.15) is 5.82 Å². The number of hydrogen-bond donors (Lipinski definition) is 1. The Hall–Kier alpha value is -0.480. The maximum atomic E-state index is 9.94. The highest BCUT2D eigenvalue weighted by atomic mass is 32.2. The van der Waals surface area contributed by atoms with Crippen molar-refractivity contribution >= 4 is 11.8 Å². The highest BCUT2D eigenvalue weighted by Crippen LogP contribution is 2.30. The normalized spacial score (nSPS) is 18.7. The van der Waals surface area contributed by atoms with Crippen LogP contribution >= 0.6 is 11.8 Å². The molecule has 1 aromatic rings. The molecule has 1 N–H and O–H groups in total. The highest BCUT2D eigenvalue weighted by molar-refractivity contribution is 7.99. The summed E-state index contributed by atoms with van der Waals surface area (Å²) in [6.45, 7) is 0. The van der Waals surface area contributed by atoms with E-state index in [1.807, 2.05) is 35.8 Å². The second-order valence-electron chi connectivity index (χ2n) is 4.89. The molecule has 1 fully saturated rings. The molecule has 0 aliphatic heterocycles. The van der Waals surface area contributed by atoms with Crippen LogP contribution in [-0.4, -0.2) is 31.8 Å². The average Bonchev–Trinajstić information content (AvgIpc) is 2.95. The summed E-state index contributed by atoms with van der Waals surface area (Å²) in [6, 6.07) is 0. The summed E-state index contributed by atoms with van der Waals surface area (Å²) in [5.74, 6) is 1.95. The van der Waals surface area contributed by atoms with E-state index in [0.717, 1.165) is 29.7 Å². The van der Waals surface area contributed by atoms with Gasteiger partial charge in [-0.3, -0.25) is 0 Å². The number of hydrogen-bond acceptors (Lipinski definition) is 3. The Balaban J connectivity index is 1.63. The van der Waals surface area contributed by atoms with Crippen molar-refractivity contribution in [3.05, 3.63) is 18.2 Å². The summed E-state index contributed by atoms with van der Waals surface area (Å²) < 4.78 is 2.02. The van der Waals surface area contributed by atoms with Gasteiger partial charge in [-0.2, -0.15) is 11.8 Å². The van der Waals surface area contributed by atoms with E-state index in [1.54, 1.807) is 0 Å². The van der Waals surface area contributed by atoms with Crippen LogP contribution in [0.2, 0.25) is 0 Å². The third-order valence-electron chi connectivity index (χ3n) is 3.45. The van der Waals surface area contributed by atoms with E-state index < -0.39 is 0 Å². The van der Waals surface area contributed by atoms with Gasteiger partial charge in [-0.05, 0) is 19.3 Å². The molecule has 2 rings (SSSR count). The standard InChI is InChI=1S/C13H22N2OS/c1-15-9-8-14-13(15)7-6-11(16)10-17-12-4-2-3-5-12/h8-9,11-12,16H,2-7,10H2,1H3. The van der Waals surface area contributed by atoms with E-state index in [1.165, 1.54) is 25.7 Å². The second kappa shape index (κ2) is 6.45. The van der Waals surface area contributed by atoms with Crippen LogP contribution in [0, 0.1) is 0 Å². The van der Waals surface area contributed by atoms with Gasteiger partial charge in [-0.1, -0.05) is 12.8 Å². The summed E-state index contributed by atoms with van der Waals surface area (Å²) in [4.78, 5) is 4.27. The van der Waals surface area contributed by atoms with Gasteiger partial charge in [0.15, 0.2) is 0 Å². The number of nitrogens with zero attached hydrogens (tertiary/aromatic N) is 2. The number of rotatable bonds is 6. The summed E-state index contributed by atoms with van der Waals surface area (Å²) in [6.07, 6.45) is 10.7. The van der Waals surface area contributed by atoms with Gasteiger partial charge in [-0.25, -0.2) is 4.98 Å². The first kappa shape index (κ1) is 13.0. The smallest absolute Gasteiger partial charge is 0.108 e. The van der Waals surface area contributed by atoms with Crippen molar-refractivity contribution in [2.45, 2.75) is 49.9 Å². The van der Waals surface area contributed by atoms with Gasteiger partial charge in [0.05, 0.1) is 6.10 Å². The maximum Gasteiger partial charge on any atom is 0.108 e. The summed E-state index contributed by atoms with van der Waals surface area (Å²) >= 11 is 1.96. The number of imidazole rings is 1. The number of thioether (sulfide) groups is 1. The Morgan fingerprint density at radius 1 is 1.53 bits per heavy atom. The molecule has 0 bridgehead atoms. The molecule has 17 heavy (non-hydrogen) atoms. The zero-order valence-corrected chi connectivity index (χ0v) is 11.3. The van der Waals surface area contributed by atoms with E-state index in [0.29, 0.717) is 0 Å². The molecule has 0 spiro atoms. The van der Waals surface area contributed by atoms with Gasteiger partial charge in [-0.15, -0.1) is 0 Å². The van der Waals surface area contributed by atoms with E-state index in [9.17, 15) is 5.11 Å². The second-order valence-corrected chi connectivity index (χ2v) is 6.22. The lowest BCUT2D eigenvalue weighted by Crippen LogP contribution is -2.14. The predicted octanol–water partition coefficient (Wildman–Crippen LogP) is 2.39. The molecular weight excluding hydrogens is 232 g/mol. The average molecular weight is 254 g/mol. The van der Waals surface area contributed by atoms with Crippen LogP contribution in [-0.2, 0) is 13.5 Å². The molecule has 3 nitrogen and oxygen atoms in total. The third-order valence-corrected chi connectivity index (χ3v) is 4.97. The minimum atomic E-state index is -0.183. The molecule has 1 aromatic heterocycles. The lowest BCUT2D eigenvalue weighted by atomic mass is 10.2. The Kier molecular flexibility index (Phi) is 4.92. The van der Waals surface area contributed by atoms with Crippen molar-refractivity contribution in [1.82, 2.24) is 9.55 Å². The van der Waals surface area contributed by atoms with Gasteiger partial charge >= 0.3 is 0 Å². The molecule has 1 aliphatic rings. The van der Waals surface area contributed by atoms with Crippen molar-refractivity contribution in [3.8, 4) is 0 Å². The molecule has 1 atom stereocenters. The molecule has 1 aliphatic carbocycles. The Bertz CT molecular complexity index is 334. The molecule has 0 radical (unpaired) electrons. The van der Waals surface area contributed by atoms with Crippen LogP contribution in [0.4, 0.5) is 0 Å². The van der Waals surface area contributed by atoms with Crippen LogP contribution < -0.4 is 0 Å². The monoisotopic (exact) mass is 254 g/mol. The van der Waals surface area contributed by atoms with E-state index in [4.69, 9.17) is 0 Å². The first-order valence-corrected chi connectivity index (χ1v) is 7.56. The van der Waals surface area contributed by atoms with Gasteiger partial charge in [0, 0.05) is 36.9 Å². The van der Waals surface area contributed by atoms with Crippen LogP contribution in [0.3, 0.4) is 0 Å². The molecule has 1 heterocycles. The zero-order valence-electron chi connectivity index (χ0n) is 10.5. The van der Waals surface area contributed by atoms with Crippen molar-refractivity contribution in [3.63, 3.8) is 0 Å². The van der Waals surface area contributed by atoms with E-state index in [-0.39, 0.29) is 6.10 Å². The van der Waals surface area contributed by atoms with Gasteiger partial charge in [0.25, 0.3) is 0 Å². The minimum absolute atomic E-state index is 0.183. The first-order chi connectivity index (χ1) is 8.25. The molecule has 4 heteroatoms. The van der Waals surface area contributed by atoms with Crippen molar-refractivity contribution in [1.29, 1.82) is 0 Å². The highest BCUT2D eigenvalue weighted by Gasteiger charge is 2.17. The van der Waals surface area contributed by atoms with Gasteiger partial charge in [0.2, 0.25) is 0 Å². The zero-order chi connectivity index (χ0) is 12.1. The molecule has 0 saturated heterocycles. The predicted molar refractivity (Wildman–Crippen MR) is 72.2 cm³/mol. The van der Waals surface area contributed by atoms with E-state index >= 15 is 0 Å². The number of aryl methyl sites for hydroxylation is 2. The fourth-order valence-corrected chi connectivity index (χ4v) is 3.65. The lowest BCUT2D eigenvalue weighted by Gasteiger charge is -2.13. The first-order valence-electron chi connectivity index (χ1n) is 6.51. The van der Waals surface area contributed by atoms with Crippen molar-refractivity contribution < 1.29 is 5.11 Å². The SMILES string of the molecule is Cn1ccnc1CCC(O)CSC1CCCC1. The summed E-state index contributed by atoms with van der Waals surface area (Å²) in [5, 5.41) is 10.7. The van der Waals surface area contributed by atoms with Gasteiger partial charge < -0.3 is 9.67 Å². The Morgan fingerprint density at radius 2 is 2.29 bits per heavy atom. The minimum Gasteiger partial charge on any atom is -0.392 e. The number of aliphatic hydroxyl groups excluding tert-OH is 1. The molecule has 0 amide bonds. The van der Waals surface area contributed by atoms with Crippen molar-refractivity contribution in [2.75, 3.05) is 5.75 Å². The third kappa shape index (κ3) is 4.03. The molecule has 96 valence electrons. The van der Waals surface area contributed by atoms with E-state index in [2.05, 4.69) is 4.98 Å².